The van der Waals surface area contributed by atoms with Crippen molar-refractivity contribution in [2.45, 2.75) is 62.8 Å². The zero-order valence-corrected chi connectivity index (χ0v) is 13.2. The molecule has 8 heteroatoms. The van der Waals surface area contributed by atoms with Crippen LogP contribution in [-0.4, -0.2) is 49.8 Å². The molecule has 4 fully saturated rings. The summed E-state index contributed by atoms with van der Waals surface area (Å²) in [6.45, 7) is 0.939. The van der Waals surface area contributed by atoms with Crippen LogP contribution in [0.4, 0.5) is 14.7 Å². The molecule has 1 spiro atoms. The number of rotatable bonds is 4. The predicted octanol–water partition coefficient (Wildman–Crippen LogP) is 1.83. The fourth-order valence-electron chi connectivity index (χ4n) is 5.28. The third kappa shape index (κ3) is 1.35. The standard InChI is InChI=1S/C16H17F2N5O/c1-15(17,18)3-2-8-4-13-19-7-20-14(23(13)21-8)22-9-5-11-16(9)10(22)6-12(16)24-11/h4,7,9-12H,2-3,5-6H2,1H3. The van der Waals surface area contributed by atoms with Crippen LogP contribution in [0.2, 0.25) is 0 Å². The second-order valence-corrected chi connectivity index (χ2v) is 7.67. The molecule has 2 aliphatic carbocycles. The first-order chi connectivity index (χ1) is 11.5. The number of anilines is 1. The first kappa shape index (κ1) is 13.5. The maximum Gasteiger partial charge on any atom is 0.245 e. The Hall–Kier alpha value is -1.83. The molecular formula is C16H17F2N5O. The van der Waals surface area contributed by atoms with Gasteiger partial charge in [-0.25, -0.2) is 18.7 Å². The second kappa shape index (κ2) is 3.87. The molecule has 2 aromatic rings. The predicted molar refractivity (Wildman–Crippen MR) is 80.1 cm³/mol. The Kier molecular flexibility index (Phi) is 2.17. The third-order valence-corrected chi connectivity index (χ3v) is 6.49. The van der Waals surface area contributed by atoms with Crippen LogP contribution < -0.4 is 4.90 Å². The number of fused-ring (bicyclic) bond motifs is 1. The maximum atomic E-state index is 13.1. The minimum Gasteiger partial charge on any atom is -0.373 e. The normalized spacial score (nSPS) is 38.5. The molecule has 2 aliphatic heterocycles. The van der Waals surface area contributed by atoms with E-state index < -0.39 is 5.92 Å². The third-order valence-electron chi connectivity index (χ3n) is 6.49. The van der Waals surface area contributed by atoms with Crippen LogP contribution in [-0.2, 0) is 11.2 Å². The first-order valence-corrected chi connectivity index (χ1v) is 8.50. The molecule has 4 heterocycles. The summed E-state index contributed by atoms with van der Waals surface area (Å²) in [5.41, 5.74) is 1.70. The molecule has 4 atom stereocenters. The number of piperidine rings is 2. The van der Waals surface area contributed by atoms with Crippen LogP contribution in [0.3, 0.4) is 0 Å². The van der Waals surface area contributed by atoms with Crippen molar-refractivity contribution in [3.05, 3.63) is 18.1 Å². The Morgan fingerprint density at radius 3 is 2.71 bits per heavy atom. The van der Waals surface area contributed by atoms with Gasteiger partial charge in [-0.15, -0.1) is 0 Å². The topological polar surface area (TPSA) is 55.5 Å². The quantitative estimate of drug-likeness (QED) is 0.854. The van der Waals surface area contributed by atoms with Gasteiger partial charge >= 0.3 is 0 Å². The molecule has 6 nitrogen and oxygen atoms in total. The van der Waals surface area contributed by atoms with Gasteiger partial charge in [0.05, 0.1) is 23.3 Å². The number of aryl methyl sites for hydroxylation is 1. The van der Waals surface area contributed by atoms with Crippen LogP contribution in [0, 0.1) is 5.41 Å². The minimum absolute atomic E-state index is 0.210. The molecule has 4 unspecified atom stereocenters. The molecule has 24 heavy (non-hydrogen) atoms. The van der Waals surface area contributed by atoms with Crippen molar-refractivity contribution in [2.24, 2.45) is 5.41 Å². The Morgan fingerprint density at radius 1 is 1.29 bits per heavy atom. The van der Waals surface area contributed by atoms with Gasteiger partial charge in [0.15, 0.2) is 5.65 Å². The van der Waals surface area contributed by atoms with E-state index in [1.165, 1.54) is 0 Å². The molecule has 0 aromatic carbocycles. The van der Waals surface area contributed by atoms with E-state index in [0.29, 0.717) is 41.0 Å². The Labute approximate surface area is 136 Å². The van der Waals surface area contributed by atoms with Crippen LogP contribution in [0.25, 0.3) is 5.65 Å². The fraction of sp³-hybridized carbons (Fsp3) is 0.688. The molecule has 126 valence electrons. The number of hydrogen-bond donors (Lipinski definition) is 0. The van der Waals surface area contributed by atoms with Gasteiger partial charge in [-0.3, -0.25) is 0 Å². The van der Waals surface area contributed by atoms with Crippen LogP contribution in [0.15, 0.2) is 12.4 Å². The number of aromatic nitrogens is 4. The summed E-state index contributed by atoms with van der Waals surface area (Å²) in [7, 11) is 0. The molecule has 0 radical (unpaired) electrons. The molecule has 4 aliphatic rings. The molecule has 2 saturated heterocycles. The summed E-state index contributed by atoms with van der Waals surface area (Å²) >= 11 is 0. The molecule has 0 bridgehead atoms. The highest BCUT2D eigenvalue weighted by Gasteiger charge is 2.87. The highest BCUT2D eigenvalue weighted by atomic mass is 19.3. The highest BCUT2D eigenvalue weighted by molar-refractivity contribution is 5.58. The summed E-state index contributed by atoms with van der Waals surface area (Å²) in [6.07, 6.45) is 4.56. The van der Waals surface area contributed by atoms with E-state index in [4.69, 9.17) is 4.74 Å². The number of ether oxygens (including phenoxy) is 1. The van der Waals surface area contributed by atoms with E-state index in [1.807, 2.05) is 0 Å². The molecule has 0 amide bonds. The van der Waals surface area contributed by atoms with Crippen molar-refractivity contribution in [3.63, 3.8) is 0 Å². The SMILES string of the molecule is CC(F)(F)CCc1cc2ncnc(N3C4CC5OC6CC3C564)n2n1. The second-order valence-electron chi connectivity index (χ2n) is 7.67. The Morgan fingerprint density at radius 2 is 2.04 bits per heavy atom. The summed E-state index contributed by atoms with van der Waals surface area (Å²) in [5, 5.41) is 4.50. The van der Waals surface area contributed by atoms with Crippen molar-refractivity contribution >= 4 is 11.6 Å². The fourth-order valence-corrected chi connectivity index (χ4v) is 5.28. The van der Waals surface area contributed by atoms with Gasteiger partial charge < -0.3 is 9.64 Å². The Balaban J connectivity index is 1.33. The lowest BCUT2D eigenvalue weighted by atomic mass is 9.36. The summed E-state index contributed by atoms with van der Waals surface area (Å²) in [6, 6.07) is 2.77. The van der Waals surface area contributed by atoms with Crippen LogP contribution >= 0.6 is 0 Å². The summed E-state index contributed by atoms with van der Waals surface area (Å²) in [5.74, 6) is -1.89. The van der Waals surface area contributed by atoms with Gasteiger partial charge in [-0.1, -0.05) is 0 Å². The van der Waals surface area contributed by atoms with Gasteiger partial charge in [0.25, 0.3) is 0 Å². The van der Waals surface area contributed by atoms with E-state index in [9.17, 15) is 8.78 Å². The van der Waals surface area contributed by atoms with Crippen molar-refractivity contribution in [2.75, 3.05) is 4.90 Å². The van der Waals surface area contributed by atoms with Gasteiger partial charge in [-0.05, 0) is 26.2 Å². The molecule has 6 rings (SSSR count). The largest absolute Gasteiger partial charge is 0.373 e. The van der Waals surface area contributed by atoms with Gasteiger partial charge in [0, 0.05) is 24.6 Å². The van der Waals surface area contributed by atoms with Crippen molar-refractivity contribution < 1.29 is 13.5 Å². The first-order valence-electron chi connectivity index (χ1n) is 8.50. The maximum absolute atomic E-state index is 13.1. The summed E-state index contributed by atoms with van der Waals surface area (Å²) in [4.78, 5) is 11.0. The smallest absolute Gasteiger partial charge is 0.245 e. The average molecular weight is 333 g/mol. The van der Waals surface area contributed by atoms with E-state index in [-0.39, 0.29) is 12.8 Å². The monoisotopic (exact) mass is 333 g/mol. The highest BCUT2D eigenvalue weighted by Crippen LogP contribution is 2.76. The van der Waals surface area contributed by atoms with Gasteiger partial charge in [-0.2, -0.15) is 9.61 Å². The van der Waals surface area contributed by atoms with E-state index in [2.05, 4.69) is 20.0 Å². The van der Waals surface area contributed by atoms with Gasteiger partial charge in [0.1, 0.15) is 6.33 Å². The zero-order chi connectivity index (χ0) is 16.3. The van der Waals surface area contributed by atoms with Crippen LogP contribution in [0.5, 0.6) is 0 Å². The Bertz CT molecular complexity index is 840. The molecule has 2 aromatic heterocycles. The van der Waals surface area contributed by atoms with E-state index in [0.717, 1.165) is 25.7 Å². The molecule has 0 N–H and O–H groups in total. The van der Waals surface area contributed by atoms with E-state index >= 15 is 0 Å². The lowest BCUT2D eigenvalue weighted by Crippen LogP contribution is -2.99. The number of halogens is 2. The lowest BCUT2D eigenvalue weighted by molar-refractivity contribution is -0.412. The van der Waals surface area contributed by atoms with Crippen molar-refractivity contribution in [1.29, 1.82) is 0 Å². The molecular weight excluding hydrogens is 316 g/mol. The van der Waals surface area contributed by atoms with Crippen molar-refractivity contribution in [3.8, 4) is 0 Å². The van der Waals surface area contributed by atoms with Crippen molar-refractivity contribution in [1.82, 2.24) is 19.6 Å². The molecule has 2 saturated carbocycles. The zero-order valence-electron chi connectivity index (χ0n) is 13.2. The lowest BCUT2D eigenvalue weighted by Gasteiger charge is -2.87. The number of alkyl halides is 2. The minimum atomic E-state index is -2.68. The van der Waals surface area contributed by atoms with Crippen LogP contribution in [0.1, 0.15) is 31.9 Å². The summed E-state index contributed by atoms with van der Waals surface area (Å²) < 4.78 is 33.7. The average Bonchev–Trinajstić information content (AvgIpc) is 2.85. The van der Waals surface area contributed by atoms with Gasteiger partial charge in [0.2, 0.25) is 11.9 Å². The number of nitrogens with zero attached hydrogens (tertiary/aromatic N) is 5. The number of hydrogen-bond acceptors (Lipinski definition) is 5. The van der Waals surface area contributed by atoms with E-state index in [1.54, 1.807) is 16.9 Å².